The smallest absolute Gasteiger partial charge is 0.264 e. The Morgan fingerprint density at radius 2 is 1.50 bits per heavy atom. The number of rotatable bonds is 8. The van der Waals surface area contributed by atoms with Crippen molar-refractivity contribution in [3.05, 3.63) is 96.3 Å². The van der Waals surface area contributed by atoms with E-state index in [4.69, 9.17) is 0 Å². The lowest BCUT2D eigenvalue weighted by Crippen LogP contribution is -2.41. The Labute approximate surface area is 176 Å². The molecule has 3 aromatic carbocycles. The summed E-state index contributed by atoms with van der Waals surface area (Å²) in [5, 5.41) is 2.81. The highest BCUT2D eigenvalue weighted by molar-refractivity contribution is 7.92. The molecule has 5 nitrogen and oxygen atoms in total. The van der Waals surface area contributed by atoms with E-state index < -0.39 is 21.7 Å². The van der Waals surface area contributed by atoms with E-state index in [1.807, 2.05) is 37.3 Å². The Bertz CT molecular complexity index is 1070. The van der Waals surface area contributed by atoms with Gasteiger partial charge in [-0.05, 0) is 47.9 Å². The number of sulfonamides is 1. The monoisotopic (exact) mass is 426 g/mol. The molecule has 0 heterocycles. The van der Waals surface area contributed by atoms with Gasteiger partial charge in [-0.15, -0.1) is 0 Å². The van der Waals surface area contributed by atoms with Crippen molar-refractivity contribution in [2.24, 2.45) is 0 Å². The van der Waals surface area contributed by atoms with E-state index in [-0.39, 0.29) is 17.4 Å². The molecule has 0 saturated carbocycles. The molecule has 0 aliphatic heterocycles. The normalized spacial score (nSPS) is 12.2. The molecule has 7 heteroatoms. The lowest BCUT2D eigenvalue weighted by Gasteiger charge is -2.24. The molecular weight excluding hydrogens is 403 g/mol. The highest BCUT2D eigenvalue weighted by atomic mass is 32.2. The van der Waals surface area contributed by atoms with Crippen LogP contribution in [0.15, 0.2) is 89.8 Å². The predicted octanol–water partition coefficient (Wildman–Crippen LogP) is 3.94. The second-order valence-corrected chi connectivity index (χ2v) is 8.78. The van der Waals surface area contributed by atoms with Crippen molar-refractivity contribution < 1.29 is 17.6 Å². The molecule has 0 aromatic heterocycles. The van der Waals surface area contributed by atoms with Gasteiger partial charge >= 0.3 is 0 Å². The second-order valence-electron chi connectivity index (χ2n) is 6.92. The summed E-state index contributed by atoms with van der Waals surface area (Å²) in [7, 11) is -4.05. The van der Waals surface area contributed by atoms with Gasteiger partial charge in [0.05, 0.1) is 10.6 Å². The van der Waals surface area contributed by atoms with E-state index in [0.29, 0.717) is 12.2 Å². The summed E-state index contributed by atoms with van der Waals surface area (Å²) in [5.74, 6) is -0.880. The minimum atomic E-state index is -4.05. The van der Waals surface area contributed by atoms with E-state index >= 15 is 0 Å². The summed E-state index contributed by atoms with van der Waals surface area (Å²) in [4.78, 5) is 12.5. The first-order chi connectivity index (χ1) is 14.4. The molecule has 0 radical (unpaired) electrons. The van der Waals surface area contributed by atoms with E-state index in [2.05, 4.69) is 5.32 Å². The molecule has 3 rings (SSSR count). The van der Waals surface area contributed by atoms with Gasteiger partial charge in [0.2, 0.25) is 5.91 Å². The molecule has 0 unspecified atom stereocenters. The van der Waals surface area contributed by atoms with Crippen molar-refractivity contribution in [1.29, 1.82) is 0 Å². The molecule has 156 valence electrons. The van der Waals surface area contributed by atoms with Crippen LogP contribution in [0.3, 0.4) is 0 Å². The molecule has 0 saturated heterocycles. The Kier molecular flexibility index (Phi) is 6.84. The van der Waals surface area contributed by atoms with E-state index in [0.717, 1.165) is 22.0 Å². The average molecular weight is 427 g/mol. The van der Waals surface area contributed by atoms with Gasteiger partial charge in [0, 0.05) is 6.54 Å². The second kappa shape index (κ2) is 9.54. The Morgan fingerprint density at radius 1 is 0.933 bits per heavy atom. The van der Waals surface area contributed by atoms with Crippen LogP contribution in [0.4, 0.5) is 10.1 Å². The van der Waals surface area contributed by atoms with Crippen LogP contribution in [0, 0.1) is 5.82 Å². The molecule has 3 aromatic rings. The largest absolute Gasteiger partial charge is 0.354 e. The first-order valence-electron chi connectivity index (χ1n) is 9.53. The Hall–Kier alpha value is -3.19. The van der Waals surface area contributed by atoms with Crippen LogP contribution in [0.5, 0.6) is 0 Å². The zero-order chi connectivity index (χ0) is 21.6. The quantitative estimate of drug-likeness (QED) is 0.593. The Morgan fingerprint density at radius 3 is 2.10 bits per heavy atom. The fourth-order valence-corrected chi connectivity index (χ4v) is 4.42. The number of halogens is 1. The van der Waals surface area contributed by atoms with Crippen molar-refractivity contribution in [2.45, 2.75) is 17.7 Å². The third kappa shape index (κ3) is 5.24. The number of benzene rings is 3. The first kappa shape index (κ1) is 21.5. The molecule has 0 aliphatic carbocycles. The van der Waals surface area contributed by atoms with Crippen LogP contribution in [0.25, 0.3) is 0 Å². The number of para-hydroxylation sites is 1. The van der Waals surface area contributed by atoms with Crippen LogP contribution in [-0.2, 0) is 14.8 Å². The highest BCUT2D eigenvalue weighted by Gasteiger charge is 2.27. The number of nitrogens with zero attached hydrogens (tertiary/aromatic N) is 1. The van der Waals surface area contributed by atoms with Crippen molar-refractivity contribution in [3.63, 3.8) is 0 Å². The molecule has 0 aliphatic rings. The zero-order valence-corrected chi connectivity index (χ0v) is 17.3. The number of carbonyl (C=O) groups is 1. The molecule has 0 fully saturated rings. The maximum absolute atomic E-state index is 13.3. The van der Waals surface area contributed by atoms with Crippen molar-refractivity contribution in [1.82, 2.24) is 5.32 Å². The lowest BCUT2D eigenvalue weighted by molar-refractivity contribution is -0.119. The van der Waals surface area contributed by atoms with Gasteiger partial charge in [0.25, 0.3) is 10.0 Å². The van der Waals surface area contributed by atoms with E-state index in [1.54, 1.807) is 30.3 Å². The number of amides is 1. The molecule has 1 N–H and O–H groups in total. The van der Waals surface area contributed by atoms with Crippen LogP contribution in [-0.4, -0.2) is 27.4 Å². The highest BCUT2D eigenvalue weighted by Crippen LogP contribution is 2.23. The molecule has 30 heavy (non-hydrogen) atoms. The summed E-state index contributed by atoms with van der Waals surface area (Å²) in [6, 6.07) is 22.7. The maximum atomic E-state index is 13.3. The van der Waals surface area contributed by atoms with Gasteiger partial charge in [-0.1, -0.05) is 55.5 Å². The maximum Gasteiger partial charge on any atom is 0.264 e. The van der Waals surface area contributed by atoms with Gasteiger partial charge in [-0.25, -0.2) is 12.8 Å². The van der Waals surface area contributed by atoms with Crippen molar-refractivity contribution >= 4 is 21.6 Å². The summed E-state index contributed by atoms with van der Waals surface area (Å²) in [5.41, 5.74) is 1.43. The van der Waals surface area contributed by atoms with Crippen LogP contribution in [0.1, 0.15) is 18.4 Å². The van der Waals surface area contributed by atoms with E-state index in [9.17, 15) is 17.6 Å². The van der Waals surface area contributed by atoms with Crippen LogP contribution < -0.4 is 9.62 Å². The van der Waals surface area contributed by atoms with Crippen molar-refractivity contribution in [2.75, 3.05) is 17.4 Å². The van der Waals surface area contributed by atoms with Crippen LogP contribution in [0.2, 0.25) is 0 Å². The minimum Gasteiger partial charge on any atom is -0.354 e. The Balaban J connectivity index is 1.78. The van der Waals surface area contributed by atoms with Gasteiger partial charge in [0.15, 0.2) is 0 Å². The van der Waals surface area contributed by atoms with Gasteiger partial charge in [0.1, 0.15) is 12.4 Å². The summed E-state index contributed by atoms with van der Waals surface area (Å²) in [6.07, 6.45) is 0. The first-order valence-corrected chi connectivity index (χ1v) is 11.0. The van der Waals surface area contributed by atoms with Crippen LogP contribution >= 0.6 is 0 Å². The number of carbonyl (C=O) groups excluding carboxylic acids is 1. The predicted molar refractivity (Wildman–Crippen MR) is 115 cm³/mol. The number of hydrogen-bond acceptors (Lipinski definition) is 3. The number of hydrogen-bond donors (Lipinski definition) is 1. The summed E-state index contributed by atoms with van der Waals surface area (Å²) in [6.45, 7) is 1.98. The third-order valence-electron chi connectivity index (χ3n) is 4.71. The van der Waals surface area contributed by atoms with E-state index in [1.165, 1.54) is 12.1 Å². The van der Waals surface area contributed by atoms with Crippen molar-refractivity contribution in [3.8, 4) is 0 Å². The molecular formula is C23H23FN2O3S. The average Bonchev–Trinajstić information content (AvgIpc) is 2.77. The minimum absolute atomic E-state index is 0.0778. The fraction of sp³-hybridized carbons (Fsp3) is 0.174. The SMILES string of the molecule is C[C@H](CNC(=O)CN(c1ccccc1)S(=O)(=O)c1ccc(F)cc1)c1ccccc1. The number of anilines is 1. The standard InChI is InChI=1S/C23H23FN2O3S/c1-18(19-8-4-2-5-9-19)16-25-23(27)17-26(21-10-6-3-7-11-21)30(28,29)22-14-12-20(24)13-15-22/h2-15,18H,16-17H2,1H3,(H,25,27)/t18-/m1/s1. The number of nitrogens with one attached hydrogen (secondary N) is 1. The molecule has 0 bridgehead atoms. The summed E-state index contributed by atoms with van der Waals surface area (Å²) >= 11 is 0. The lowest BCUT2D eigenvalue weighted by atomic mass is 10.0. The fourth-order valence-electron chi connectivity index (χ4n) is 3.00. The van der Waals surface area contributed by atoms with Gasteiger partial charge in [-0.3, -0.25) is 9.10 Å². The zero-order valence-electron chi connectivity index (χ0n) is 16.5. The molecule has 0 spiro atoms. The third-order valence-corrected chi connectivity index (χ3v) is 6.50. The van der Waals surface area contributed by atoms with Gasteiger partial charge < -0.3 is 5.32 Å². The molecule has 1 amide bonds. The van der Waals surface area contributed by atoms with Gasteiger partial charge in [-0.2, -0.15) is 0 Å². The topological polar surface area (TPSA) is 66.5 Å². The molecule has 1 atom stereocenters. The summed E-state index contributed by atoms with van der Waals surface area (Å²) < 4.78 is 40.6.